The van der Waals surface area contributed by atoms with Crippen LogP contribution in [0.4, 0.5) is 0 Å². The van der Waals surface area contributed by atoms with Gasteiger partial charge in [-0.05, 0) is 40.5 Å². The van der Waals surface area contributed by atoms with Crippen LogP contribution >= 0.6 is 43.2 Å². The molecule has 1 heterocycles. The molecule has 0 aliphatic rings. The molecule has 2 aromatic rings. The molecule has 0 amide bonds. The summed E-state index contributed by atoms with van der Waals surface area (Å²) in [6.45, 7) is 3.01. The van der Waals surface area contributed by atoms with E-state index in [1.807, 2.05) is 24.4 Å². The van der Waals surface area contributed by atoms with Crippen LogP contribution < -0.4 is 9.47 Å². The molecule has 0 radical (unpaired) electrons. The maximum absolute atomic E-state index is 5.83. The SMILES string of the molecule is CCOc1cc(CBr)cc(Br)c1OCc1nccs1. The van der Waals surface area contributed by atoms with E-state index in [4.69, 9.17) is 9.47 Å². The Labute approximate surface area is 133 Å². The van der Waals surface area contributed by atoms with E-state index in [1.54, 1.807) is 17.5 Å². The number of thiazole rings is 1. The summed E-state index contributed by atoms with van der Waals surface area (Å²) in [5.41, 5.74) is 1.14. The molecule has 6 heteroatoms. The van der Waals surface area contributed by atoms with Crippen molar-refractivity contribution in [1.82, 2.24) is 4.98 Å². The normalized spacial score (nSPS) is 10.5. The minimum atomic E-state index is 0.448. The van der Waals surface area contributed by atoms with E-state index >= 15 is 0 Å². The second-order valence-corrected chi connectivity index (χ2v) is 6.08. The zero-order valence-corrected chi connectivity index (χ0v) is 14.3. The molecule has 1 aromatic heterocycles. The minimum absolute atomic E-state index is 0.448. The highest BCUT2D eigenvalue weighted by molar-refractivity contribution is 9.10. The van der Waals surface area contributed by atoms with Crippen molar-refractivity contribution in [1.29, 1.82) is 0 Å². The molecular weight excluding hydrogens is 394 g/mol. The molecule has 0 spiro atoms. The van der Waals surface area contributed by atoms with Crippen molar-refractivity contribution >= 4 is 43.2 Å². The number of aromatic nitrogens is 1. The highest BCUT2D eigenvalue weighted by Crippen LogP contribution is 2.38. The van der Waals surface area contributed by atoms with Crippen LogP contribution in [0.15, 0.2) is 28.2 Å². The van der Waals surface area contributed by atoms with Gasteiger partial charge in [0, 0.05) is 16.9 Å². The Kier molecular flexibility index (Phi) is 5.66. The molecule has 3 nitrogen and oxygen atoms in total. The predicted octanol–water partition coefficient (Wildman–Crippen LogP) is 4.78. The van der Waals surface area contributed by atoms with Crippen molar-refractivity contribution in [3.05, 3.63) is 38.8 Å². The van der Waals surface area contributed by atoms with Crippen LogP contribution in [0.3, 0.4) is 0 Å². The van der Waals surface area contributed by atoms with Crippen molar-refractivity contribution in [2.45, 2.75) is 18.9 Å². The van der Waals surface area contributed by atoms with Crippen molar-refractivity contribution in [3.63, 3.8) is 0 Å². The van der Waals surface area contributed by atoms with E-state index in [9.17, 15) is 0 Å². The van der Waals surface area contributed by atoms with Crippen molar-refractivity contribution in [3.8, 4) is 11.5 Å². The van der Waals surface area contributed by atoms with Gasteiger partial charge in [-0.3, -0.25) is 0 Å². The largest absolute Gasteiger partial charge is 0.490 e. The lowest BCUT2D eigenvalue weighted by molar-refractivity contribution is 0.267. The zero-order chi connectivity index (χ0) is 13.7. The Balaban J connectivity index is 2.21. The molecule has 102 valence electrons. The Morgan fingerprint density at radius 1 is 1.32 bits per heavy atom. The first kappa shape index (κ1) is 14.8. The van der Waals surface area contributed by atoms with Gasteiger partial charge in [-0.1, -0.05) is 15.9 Å². The van der Waals surface area contributed by atoms with Crippen LogP contribution in [0.2, 0.25) is 0 Å². The summed E-state index contributed by atoms with van der Waals surface area (Å²) in [6, 6.07) is 4.01. The maximum Gasteiger partial charge on any atom is 0.175 e. The molecule has 1 aromatic carbocycles. The monoisotopic (exact) mass is 405 g/mol. The highest BCUT2D eigenvalue weighted by atomic mass is 79.9. The van der Waals surface area contributed by atoms with Gasteiger partial charge in [0.25, 0.3) is 0 Å². The number of ether oxygens (including phenoxy) is 2. The third kappa shape index (κ3) is 3.94. The van der Waals surface area contributed by atoms with Crippen LogP contribution in [0.5, 0.6) is 11.5 Å². The van der Waals surface area contributed by atoms with Crippen molar-refractivity contribution < 1.29 is 9.47 Å². The maximum atomic E-state index is 5.83. The molecule has 0 unspecified atom stereocenters. The molecule has 0 saturated heterocycles. The molecule has 0 N–H and O–H groups in total. The van der Waals surface area contributed by atoms with Gasteiger partial charge < -0.3 is 9.47 Å². The second kappa shape index (κ2) is 7.26. The number of hydrogen-bond acceptors (Lipinski definition) is 4. The van der Waals surface area contributed by atoms with E-state index in [1.165, 1.54) is 0 Å². The molecule has 0 atom stereocenters. The standard InChI is InChI=1S/C13H13Br2NO2S/c1-2-17-11-6-9(7-14)5-10(15)13(11)18-8-12-16-3-4-19-12/h3-6H,2,7-8H2,1H3. The van der Waals surface area contributed by atoms with Crippen molar-refractivity contribution in [2.75, 3.05) is 6.61 Å². The van der Waals surface area contributed by atoms with E-state index in [0.717, 1.165) is 31.9 Å². The zero-order valence-electron chi connectivity index (χ0n) is 10.4. The fraction of sp³-hybridized carbons (Fsp3) is 0.308. The molecule has 0 aliphatic heterocycles. The van der Waals surface area contributed by atoms with Gasteiger partial charge in [-0.15, -0.1) is 11.3 Å². The van der Waals surface area contributed by atoms with Gasteiger partial charge in [-0.25, -0.2) is 4.98 Å². The van der Waals surface area contributed by atoms with Gasteiger partial charge in [0.2, 0.25) is 0 Å². The Hall–Kier alpha value is -0.590. The van der Waals surface area contributed by atoms with Crippen LogP contribution in [-0.4, -0.2) is 11.6 Å². The number of rotatable bonds is 6. The van der Waals surface area contributed by atoms with Gasteiger partial charge in [0.1, 0.15) is 11.6 Å². The lowest BCUT2D eigenvalue weighted by Gasteiger charge is -2.14. The highest BCUT2D eigenvalue weighted by Gasteiger charge is 2.12. The number of benzene rings is 1. The first-order valence-corrected chi connectivity index (χ1v) is 8.56. The molecule has 0 fully saturated rings. The van der Waals surface area contributed by atoms with Crippen molar-refractivity contribution in [2.24, 2.45) is 0 Å². The topological polar surface area (TPSA) is 31.4 Å². The summed E-state index contributed by atoms with van der Waals surface area (Å²) in [5, 5.41) is 3.66. The van der Waals surface area contributed by atoms with Crippen LogP contribution in [0.25, 0.3) is 0 Å². The lowest BCUT2D eigenvalue weighted by atomic mass is 10.2. The molecule has 0 bridgehead atoms. The smallest absolute Gasteiger partial charge is 0.175 e. The third-order valence-electron chi connectivity index (χ3n) is 2.35. The van der Waals surface area contributed by atoms with E-state index < -0.39 is 0 Å². The molecule has 0 aliphatic carbocycles. The first-order chi connectivity index (χ1) is 9.24. The summed E-state index contributed by atoms with van der Waals surface area (Å²) < 4.78 is 12.4. The number of hydrogen-bond donors (Lipinski definition) is 0. The molecule has 2 rings (SSSR count). The molecule has 19 heavy (non-hydrogen) atoms. The van der Waals surface area contributed by atoms with E-state index in [2.05, 4.69) is 36.8 Å². The average Bonchev–Trinajstić information content (AvgIpc) is 2.91. The van der Waals surface area contributed by atoms with Crippen LogP contribution in [0.1, 0.15) is 17.5 Å². The summed E-state index contributed by atoms with van der Waals surface area (Å²) in [4.78, 5) is 4.20. The molecular formula is C13H13Br2NO2S. The van der Waals surface area contributed by atoms with E-state index in [-0.39, 0.29) is 0 Å². The fourth-order valence-electron chi connectivity index (χ4n) is 1.56. The van der Waals surface area contributed by atoms with Gasteiger partial charge >= 0.3 is 0 Å². The average molecular weight is 407 g/mol. The summed E-state index contributed by atoms with van der Waals surface area (Å²) in [6.07, 6.45) is 1.77. The van der Waals surface area contributed by atoms with Gasteiger partial charge in [-0.2, -0.15) is 0 Å². The summed E-state index contributed by atoms with van der Waals surface area (Å²) in [7, 11) is 0. The van der Waals surface area contributed by atoms with Crippen LogP contribution in [0, 0.1) is 0 Å². The Bertz CT molecular complexity index is 532. The lowest BCUT2D eigenvalue weighted by Crippen LogP contribution is -2.01. The number of halogens is 2. The Morgan fingerprint density at radius 3 is 2.79 bits per heavy atom. The summed E-state index contributed by atoms with van der Waals surface area (Å²) in [5.74, 6) is 1.48. The van der Waals surface area contributed by atoms with E-state index in [0.29, 0.717) is 13.2 Å². The third-order valence-corrected chi connectivity index (χ3v) is 4.34. The number of nitrogens with zero attached hydrogens (tertiary/aromatic N) is 1. The number of alkyl halides is 1. The fourth-order valence-corrected chi connectivity index (χ4v) is 3.01. The minimum Gasteiger partial charge on any atom is -0.490 e. The summed E-state index contributed by atoms with van der Waals surface area (Å²) >= 11 is 8.55. The predicted molar refractivity (Wildman–Crippen MR) is 84.4 cm³/mol. The first-order valence-electron chi connectivity index (χ1n) is 5.77. The Morgan fingerprint density at radius 2 is 2.16 bits per heavy atom. The second-order valence-electron chi connectivity index (χ2n) is 3.69. The van der Waals surface area contributed by atoms with Gasteiger partial charge in [0.05, 0.1) is 11.1 Å². The van der Waals surface area contributed by atoms with Gasteiger partial charge in [0.15, 0.2) is 11.5 Å². The van der Waals surface area contributed by atoms with Crippen LogP contribution in [-0.2, 0) is 11.9 Å². The quantitative estimate of drug-likeness (QED) is 0.647. The molecule has 0 saturated carbocycles.